The van der Waals surface area contributed by atoms with E-state index < -0.39 is 5.97 Å². The molecule has 72 valence electrons. The molecule has 0 atom stereocenters. The Morgan fingerprint density at radius 2 is 2.00 bits per heavy atom. The molecular formula is C9H13NO3. The van der Waals surface area contributed by atoms with E-state index in [0.29, 0.717) is 11.3 Å². The topological polar surface area (TPSA) is 63.3 Å². The molecule has 0 aromatic carbocycles. The number of carboxylic acid groups (broad SMARTS) is 1. The molecule has 0 radical (unpaired) electrons. The van der Waals surface area contributed by atoms with E-state index in [0.717, 1.165) is 0 Å². The van der Waals surface area contributed by atoms with E-state index in [-0.39, 0.29) is 11.1 Å². The summed E-state index contributed by atoms with van der Waals surface area (Å²) in [5.41, 5.74) is 0.433. The molecular weight excluding hydrogens is 170 g/mol. The summed E-state index contributed by atoms with van der Waals surface area (Å²) in [5.74, 6) is -0.466. The molecule has 0 bridgehead atoms. The second kappa shape index (κ2) is 2.87. The van der Waals surface area contributed by atoms with Crippen LogP contribution in [0.5, 0.6) is 0 Å². The first-order valence-electron chi connectivity index (χ1n) is 4.04. The fraction of sp³-hybridized carbons (Fsp3) is 0.556. The van der Waals surface area contributed by atoms with E-state index in [1.807, 2.05) is 20.8 Å². The van der Waals surface area contributed by atoms with Gasteiger partial charge in [0.2, 0.25) is 0 Å². The highest BCUT2D eigenvalue weighted by Gasteiger charge is 2.28. The van der Waals surface area contributed by atoms with Gasteiger partial charge in [-0.15, -0.1) is 0 Å². The first kappa shape index (κ1) is 9.77. The maximum atomic E-state index is 10.8. The number of carbonyl (C=O) groups is 1. The van der Waals surface area contributed by atoms with E-state index >= 15 is 0 Å². The summed E-state index contributed by atoms with van der Waals surface area (Å²) in [6.07, 6.45) is 0. The van der Waals surface area contributed by atoms with Crippen molar-refractivity contribution in [3.63, 3.8) is 0 Å². The summed E-state index contributed by atoms with van der Waals surface area (Å²) in [6, 6.07) is 0. The summed E-state index contributed by atoms with van der Waals surface area (Å²) in [6.45, 7) is 7.51. The summed E-state index contributed by atoms with van der Waals surface area (Å²) in [5, 5.41) is 12.3. The molecule has 0 aliphatic rings. The monoisotopic (exact) mass is 183 g/mol. The van der Waals surface area contributed by atoms with Crippen LogP contribution in [0.2, 0.25) is 0 Å². The first-order valence-corrected chi connectivity index (χ1v) is 4.04. The minimum atomic E-state index is -1.04. The molecule has 0 saturated heterocycles. The van der Waals surface area contributed by atoms with E-state index in [9.17, 15) is 4.79 Å². The normalized spacial score (nSPS) is 11.7. The number of aryl methyl sites for hydroxylation is 1. The fourth-order valence-electron chi connectivity index (χ4n) is 1.40. The van der Waals surface area contributed by atoms with Gasteiger partial charge in [-0.05, 0) is 12.3 Å². The van der Waals surface area contributed by atoms with Crippen molar-refractivity contribution in [1.82, 2.24) is 5.16 Å². The third-order valence-electron chi connectivity index (χ3n) is 1.82. The molecule has 1 N–H and O–H groups in total. The highest BCUT2D eigenvalue weighted by molar-refractivity contribution is 5.87. The zero-order chi connectivity index (χ0) is 10.2. The lowest BCUT2D eigenvalue weighted by atomic mass is 9.85. The Hall–Kier alpha value is -1.32. The van der Waals surface area contributed by atoms with Crippen molar-refractivity contribution in [3.05, 3.63) is 17.0 Å². The molecule has 4 nitrogen and oxygen atoms in total. The molecule has 4 heteroatoms. The zero-order valence-corrected chi connectivity index (χ0v) is 8.21. The van der Waals surface area contributed by atoms with E-state index in [2.05, 4.69) is 5.16 Å². The van der Waals surface area contributed by atoms with Crippen LogP contribution in [0.25, 0.3) is 0 Å². The van der Waals surface area contributed by atoms with Crippen molar-refractivity contribution >= 4 is 5.97 Å². The Balaban J connectivity index is 3.33. The lowest BCUT2D eigenvalue weighted by molar-refractivity contribution is 0.0683. The van der Waals surface area contributed by atoms with E-state index in [4.69, 9.17) is 9.63 Å². The van der Waals surface area contributed by atoms with Crippen LogP contribution in [0.1, 0.15) is 42.6 Å². The van der Waals surface area contributed by atoms with Crippen LogP contribution >= 0.6 is 0 Å². The fourth-order valence-corrected chi connectivity index (χ4v) is 1.40. The largest absolute Gasteiger partial charge is 0.476 e. The summed E-state index contributed by atoms with van der Waals surface area (Å²) < 4.78 is 4.85. The summed E-state index contributed by atoms with van der Waals surface area (Å²) >= 11 is 0. The number of nitrogens with zero attached hydrogens (tertiary/aromatic N) is 1. The van der Waals surface area contributed by atoms with Crippen molar-refractivity contribution in [2.45, 2.75) is 33.1 Å². The predicted molar refractivity (Wildman–Crippen MR) is 46.9 cm³/mol. The smallest absolute Gasteiger partial charge is 0.358 e. The van der Waals surface area contributed by atoms with Crippen molar-refractivity contribution in [2.75, 3.05) is 0 Å². The average molecular weight is 183 g/mol. The van der Waals surface area contributed by atoms with Crippen molar-refractivity contribution in [3.8, 4) is 0 Å². The molecule has 1 heterocycles. The van der Waals surface area contributed by atoms with Gasteiger partial charge in [-0.25, -0.2) is 4.79 Å². The lowest BCUT2D eigenvalue weighted by Crippen LogP contribution is -2.16. The molecule has 1 aromatic heterocycles. The number of hydrogen-bond donors (Lipinski definition) is 1. The summed E-state index contributed by atoms with van der Waals surface area (Å²) in [4.78, 5) is 10.8. The van der Waals surface area contributed by atoms with Crippen LogP contribution in [0.15, 0.2) is 4.52 Å². The van der Waals surface area contributed by atoms with Gasteiger partial charge in [0.25, 0.3) is 0 Å². The minimum Gasteiger partial charge on any atom is -0.476 e. The van der Waals surface area contributed by atoms with Crippen LogP contribution in [-0.4, -0.2) is 16.2 Å². The van der Waals surface area contributed by atoms with Crippen LogP contribution in [0, 0.1) is 6.92 Å². The maximum Gasteiger partial charge on any atom is 0.358 e. The number of carboxylic acids is 1. The molecule has 13 heavy (non-hydrogen) atoms. The van der Waals surface area contributed by atoms with Gasteiger partial charge in [-0.2, -0.15) is 0 Å². The molecule has 0 spiro atoms. The number of rotatable bonds is 1. The Kier molecular flexibility index (Phi) is 2.15. The predicted octanol–water partition coefficient (Wildman–Crippen LogP) is 1.98. The molecule has 0 fully saturated rings. The van der Waals surface area contributed by atoms with Gasteiger partial charge in [0.1, 0.15) is 5.76 Å². The quantitative estimate of drug-likeness (QED) is 0.723. The molecule has 0 unspecified atom stereocenters. The second-order valence-electron chi connectivity index (χ2n) is 4.02. The number of aromatic carboxylic acids is 1. The van der Waals surface area contributed by atoms with E-state index in [1.54, 1.807) is 6.92 Å². The highest BCUT2D eigenvalue weighted by atomic mass is 16.5. The van der Waals surface area contributed by atoms with Crippen LogP contribution < -0.4 is 0 Å². The molecule has 1 aromatic rings. The van der Waals surface area contributed by atoms with Crippen LogP contribution in [0.3, 0.4) is 0 Å². The van der Waals surface area contributed by atoms with Crippen molar-refractivity contribution < 1.29 is 14.4 Å². The number of hydrogen-bond acceptors (Lipinski definition) is 3. The van der Waals surface area contributed by atoms with Gasteiger partial charge in [-0.1, -0.05) is 25.9 Å². The van der Waals surface area contributed by atoms with Gasteiger partial charge < -0.3 is 9.63 Å². The third-order valence-corrected chi connectivity index (χ3v) is 1.82. The second-order valence-corrected chi connectivity index (χ2v) is 4.02. The van der Waals surface area contributed by atoms with Crippen molar-refractivity contribution in [2.24, 2.45) is 0 Å². The van der Waals surface area contributed by atoms with Gasteiger partial charge in [0.15, 0.2) is 5.69 Å². The standard InChI is InChI=1S/C9H13NO3/c1-5-6(9(2,3)4)7(8(11)12)10-13-5/h1-4H3,(H,11,12). The summed E-state index contributed by atoms with van der Waals surface area (Å²) in [7, 11) is 0. The zero-order valence-electron chi connectivity index (χ0n) is 8.21. The van der Waals surface area contributed by atoms with Crippen LogP contribution in [-0.2, 0) is 5.41 Å². The Labute approximate surface area is 76.5 Å². The van der Waals surface area contributed by atoms with E-state index in [1.165, 1.54) is 0 Å². The van der Waals surface area contributed by atoms with Gasteiger partial charge in [0.05, 0.1) is 0 Å². The molecule has 0 aliphatic heterocycles. The lowest BCUT2D eigenvalue weighted by Gasteiger charge is -2.17. The third kappa shape index (κ3) is 1.71. The average Bonchev–Trinajstić information content (AvgIpc) is 2.28. The van der Waals surface area contributed by atoms with Gasteiger partial charge in [0, 0.05) is 5.56 Å². The molecule has 0 aliphatic carbocycles. The Morgan fingerprint density at radius 1 is 1.46 bits per heavy atom. The van der Waals surface area contributed by atoms with Gasteiger partial charge >= 0.3 is 5.97 Å². The SMILES string of the molecule is Cc1onc(C(=O)O)c1C(C)(C)C. The molecule has 0 saturated carbocycles. The molecule has 1 rings (SSSR count). The van der Waals surface area contributed by atoms with Gasteiger partial charge in [-0.3, -0.25) is 0 Å². The van der Waals surface area contributed by atoms with Crippen molar-refractivity contribution in [1.29, 1.82) is 0 Å². The first-order chi connectivity index (χ1) is 5.84. The maximum absolute atomic E-state index is 10.8. The Bertz CT molecular complexity index is 333. The molecule has 0 amide bonds. The Morgan fingerprint density at radius 3 is 2.31 bits per heavy atom. The highest BCUT2D eigenvalue weighted by Crippen LogP contribution is 2.28. The van der Waals surface area contributed by atoms with Crippen LogP contribution in [0.4, 0.5) is 0 Å². The minimum absolute atomic E-state index is 0.0185. The number of aromatic nitrogens is 1.